The van der Waals surface area contributed by atoms with Crippen LogP contribution in [0.5, 0.6) is 0 Å². The Hall–Kier alpha value is -11.7. The number of cyclic esters (lactones) is 1. The molecule has 1 saturated heterocycles. The van der Waals surface area contributed by atoms with Crippen LogP contribution in [0.25, 0.3) is 10.9 Å². The Balaban J connectivity index is 2.20. The maximum absolute atomic E-state index is 14.7. The fourth-order valence-electron chi connectivity index (χ4n) is 10.1. The van der Waals surface area contributed by atoms with Gasteiger partial charge >= 0.3 is 23.9 Å². The van der Waals surface area contributed by atoms with Gasteiger partial charge in [0.2, 0.25) is 89.1 Å². The normalized spacial score (nSPS) is 22.4. The number of carbonyl (C=O) groups excluding carboxylic acids is 17. The van der Waals surface area contributed by atoms with E-state index < -0.39 is 243 Å². The van der Waals surface area contributed by atoms with Crippen molar-refractivity contribution in [3.05, 3.63) is 36.0 Å². The molecule has 103 heavy (non-hydrogen) atoms. The lowest BCUT2D eigenvalue weighted by atomic mass is 10.0. The van der Waals surface area contributed by atoms with Gasteiger partial charge in [0.1, 0.15) is 78.9 Å². The second-order valence-electron chi connectivity index (χ2n) is 23.9. The number of aromatic amines is 1. The van der Waals surface area contributed by atoms with E-state index in [-0.39, 0.29) is 44.9 Å². The van der Waals surface area contributed by atoms with Crippen LogP contribution in [0.15, 0.2) is 30.5 Å². The molecule has 13 unspecified atom stereocenters. The van der Waals surface area contributed by atoms with E-state index in [4.69, 9.17) is 26.7 Å². The highest BCUT2D eigenvalue weighted by atomic mass is 16.5. The summed E-state index contributed by atoms with van der Waals surface area (Å²) >= 11 is 0. The number of amides is 15. The Kier molecular flexibility index (Phi) is 34.7. The zero-order chi connectivity index (χ0) is 77.5. The number of hydrogen-bond acceptors (Lipinski definition) is 23. The predicted octanol–water partition coefficient (Wildman–Crippen LogP) is -9.22. The van der Waals surface area contributed by atoms with E-state index in [0.717, 1.165) is 28.0 Å². The van der Waals surface area contributed by atoms with E-state index in [0.29, 0.717) is 21.4 Å². The van der Waals surface area contributed by atoms with Crippen molar-refractivity contribution in [2.24, 2.45) is 23.1 Å². The van der Waals surface area contributed by atoms with Gasteiger partial charge in [0.05, 0.1) is 32.4 Å². The number of aliphatic carboxylic acids is 3. The van der Waals surface area contributed by atoms with Crippen LogP contribution >= 0.6 is 0 Å². The highest BCUT2D eigenvalue weighted by molar-refractivity contribution is 6.02. The van der Waals surface area contributed by atoms with Crippen molar-refractivity contribution in [3.8, 4) is 0 Å². The van der Waals surface area contributed by atoms with Crippen molar-refractivity contribution in [1.29, 1.82) is 0 Å². The Morgan fingerprint density at radius 1 is 0.680 bits per heavy atom. The van der Waals surface area contributed by atoms with Crippen LogP contribution in [-0.4, -0.2) is 257 Å². The fraction of sp³-hybridized carbons (Fsp3) is 0.541. The van der Waals surface area contributed by atoms with Crippen molar-refractivity contribution in [2.45, 2.75) is 171 Å². The minimum Gasteiger partial charge on any atom is -0.481 e. The molecule has 3 rings (SSSR count). The van der Waals surface area contributed by atoms with E-state index in [1.165, 1.54) is 13.8 Å². The molecule has 13 atom stereocenters. The van der Waals surface area contributed by atoms with Gasteiger partial charge < -0.3 is 120 Å². The first-order chi connectivity index (χ1) is 48.5. The summed E-state index contributed by atoms with van der Waals surface area (Å²) in [6.07, 6.45) is -8.48. The summed E-state index contributed by atoms with van der Waals surface area (Å²) in [7, 11) is 1.75. The SMILES string of the molecule is COC(C(=O)O)C1NC(=O)C(CCCCN)NC(=O)C(CC(=O)O)NC(=O)C(C)NC(=O)CN(C)C(=O)C(NC(=O)C(CC=O)NC(=O)C(CC(N)=O)NC(=O)C(Cc2c[nH]c3ccccc23)NC=O)C(C)OC(=O)C(C(C)C)NC(=O)C(CCC(=O)O)NC(=O)C(CC(N)=O)NC(=O)CNC1=O. The number of nitrogens with one attached hydrogen (secondary N) is 13. The summed E-state index contributed by atoms with van der Waals surface area (Å²) in [5.74, 6) is -26.0. The van der Waals surface area contributed by atoms with E-state index in [1.54, 1.807) is 30.5 Å². The van der Waals surface area contributed by atoms with Crippen molar-refractivity contribution < 1.29 is 121 Å². The van der Waals surface area contributed by atoms with Gasteiger partial charge in [0.25, 0.3) is 0 Å². The predicted molar refractivity (Wildman–Crippen MR) is 350 cm³/mol. The minimum absolute atomic E-state index is 0.0231. The number of nitrogens with zero attached hydrogens (tertiary/aromatic N) is 1. The van der Waals surface area contributed by atoms with Crippen LogP contribution in [0.4, 0.5) is 0 Å². The summed E-state index contributed by atoms with van der Waals surface area (Å²) in [5.41, 5.74) is 17.7. The summed E-state index contributed by atoms with van der Waals surface area (Å²) < 4.78 is 10.6. The molecule has 1 aromatic carbocycles. The molecular formula is C61H87N17O25. The molecule has 2 heterocycles. The third-order valence-corrected chi connectivity index (χ3v) is 15.5. The Bertz CT molecular complexity index is 3490. The lowest BCUT2D eigenvalue weighted by molar-refractivity contribution is -0.159. The number of carboxylic acids is 3. The highest BCUT2D eigenvalue weighted by Gasteiger charge is 2.42. The van der Waals surface area contributed by atoms with E-state index in [1.807, 2.05) is 5.32 Å². The van der Waals surface area contributed by atoms with Crippen molar-refractivity contribution in [1.82, 2.24) is 73.7 Å². The molecule has 0 bridgehead atoms. The van der Waals surface area contributed by atoms with Gasteiger partial charge in [-0.25, -0.2) is 9.59 Å². The molecule has 0 aliphatic carbocycles. The standard InChI is InChI=1S/C61H87N17O25/c1-27(2)46-61(101)103-29(4)47(76-53(92)35(16-18-79)72-56(95)38(21-41(64)82)74-54(93)36(67-26-80)19-30-23-65-32-12-8-7-11-31(30)32)59(98)78(5)25-43(84)68-28(3)50(89)73-39(22-45(87)88)57(96)70-33(13-9-10-17-62)51(90)77-48(49(102-6)60(99)100)58(97)66-24-42(83)69-37(20-40(63)81)55(94)71-34(52(91)75-46)14-15-44(85)86/h7-8,11-12,18,23,26-29,33-39,46-49,65H,9-10,13-17,19-22,24-25,62H2,1-6H3,(H2,63,81)(H2,64,82)(H,66,97)(H,67,80)(H,68,84)(H,69,83)(H,70,96)(H,71,94)(H,72,95)(H,73,89)(H,74,93)(H,75,91)(H,76,92)(H,77,90)(H,85,86)(H,87,88)(H,99,100). The Labute approximate surface area is 586 Å². The average molecular weight is 1460 g/mol. The fourth-order valence-corrected chi connectivity index (χ4v) is 10.1. The summed E-state index contributed by atoms with van der Waals surface area (Å²) in [5, 5.41) is 56.3. The van der Waals surface area contributed by atoms with Gasteiger partial charge in [0, 0.05) is 50.5 Å². The van der Waals surface area contributed by atoms with Crippen molar-refractivity contribution in [3.63, 3.8) is 0 Å². The third-order valence-electron chi connectivity index (χ3n) is 15.5. The number of para-hydroxylation sites is 1. The molecule has 1 aliphatic heterocycles. The van der Waals surface area contributed by atoms with Crippen LogP contribution in [0, 0.1) is 5.92 Å². The zero-order valence-electron chi connectivity index (χ0n) is 56.8. The largest absolute Gasteiger partial charge is 0.481 e. The molecule has 42 heteroatoms. The number of esters is 1. The first kappa shape index (κ1) is 85.5. The molecular weight excluding hydrogens is 1370 g/mol. The van der Waals surface area contributed by atoms with Crippen molar-refractivity contribution >= 4 is 130 Å². The molecule has 0 saturated carbocycles. The van der Waals surface area contributed by atoms with Crippen LogP contribution < -0.4 is 81.0 Å². The molecule has 0 spiro atoms. The Morgan fingerprint density at radius 3 is 1.83 bits per heavy atom. The van der Waals surface area contributed by atoms with Crippen LogP contribution in [0.2, 0.25) is 0 Å². The molecule has 42 nitrogen and oxygen atoms in total. The van der Waals surface area contributed by atoms with Gasteiger partial charge in [-0.1, -0.05) is 32.0 Å². The number of H-pyrrole nitrogens is 1. The molecule has 22 N–H and O–H groups in total. The molecule has 1 aliphatic rings. The van der Waals surface area contributed by atoms with E-state index in [2.05, 4.69) is 63.5 Å². The molecule has 2 aromatic rings. The first-order valence-corrected chi connectivity index (χ1v) is 31.9. The number of aromatic nitrogens is 1. The highest BCUT2D eigenvalue weighted by Crippen LogP contribution is 2.20. The summed E-state index contributed by atoms with van der Waals surface area (Å²) in [6.45, 7) is 2.45. The number of primary amides is 2. The Morgan fingerprint density at radius 2 is 1.26 bits per heavy atom. The second kappa shape index (κ2) is 41.8. The number of unbranched alkanes of at least 4 members (excludes halogenated alkanes) is 1. The maximum atomic E-state index is 14.7. The quantitative estimate of drug-likeness (QED) is 0.0204. The number of carbonyl (C=O) groups is 20. The smallest absolute Gasteiger partial charge is 0.335 e. The number of ether oxygens (including phenoxy) is 2. The molecule has 15 amide bonds. The monoisotopic (exact) mass is 1460 g/mol. The lowest BCUT2D eigenvalue weighted by Crippen LogP contribution is -2.62. The molecule has 566 valence electrons. The summed E-state index contributed by atoms with van der Waals surface area (Å²) in [6, 6.07) is -14.5. The number of nitrogens with two attached hydrogens (primary N) is 3. The number of carboxylic acid groups (broad SMARTS) is 3. The van der Waals surface area contributed by atoms with Gasteiger partial charge in [-0.05, 0) is 63.6 Å². The van der Waals surface area contributed by atoms with Crippen LogP contribution in [0.1, 0.15) is 91.0 Å². The molecule has 1 fully saturated rings. The zero-order valence-corrected chi connectivity index (χ0v) is 56.8. The maximum Gasteiger partial charge on any atom is 0.335 e. The number of likely N-dealkylation sites (N-methyl/N-ethyl adjacent to an activating group) is 1. The van der Waals surface area contributed by atoms with E-state index in [9.17, 15) is 111 Å². The number of benzene rings is 1. The summed E-state index contributed by atoms with van der Waals surface area (Å²) in [4.78, 5) is 271. The molecule has 0 radical (unpaired) electrons. The first-order valence-electron chi connectivity index (χ1n) is 31.9. The van der Waals surface area contributed by atoms with Gasteiger partial charge in [-0.15, -0.1) is 0 Å². The average Bonchev–Trinajstić information content (AvgIpc) is 1.76. The number of aldehydes is 1. The van der Waals surface area contributed by atoms with Crippen LogP contribution in [-0.2, 0) is 112 Å². The third kappa shape index (κ3) is 27.7. The van der Waals surface area contributed by atoms with Gasteiger partial charge in [0.15, 0.2) is 6.10 Å². The second-order valence-corrected chi connectivity index (χ2v) is 23.9. The number of hydrogen-bond donors (Lipinski definition) is 19. The number of rotatable bonds is 29. The van der Waals surface area contributed by atoms with Gasteiger partial charge in [-0.3, -0.25) is 81.5 Å². The van der Waals surface area contributed by atoms with Gasteiger partial charge in [-0.2, -0.15) is 0 Å². The lowest BCUT2D eigenvalue weighted by Gasteiger charge is -2.31. The van der Waals surface area contributed by atoms with E-state index >= 15 is 0 Å². The number of methoxy groups -OCH3 is 1. The van der Waals surface area contributed by atoms with Crippen molar-refractivity contribution in [2.75, 3.05) is 33.8 Å². The van der Waals surface area contributed by atoms with Crippen LogP contribution in [0.3, 0.4) is 0 Å². The number of fused-ring (bicyclic) bond motifs is 1. The molecule has 1 aromatic heterocycles. The topological polar surface area (TPSA) is 662 Å². The minimum atomic E-state index is -2.29.